The van der Waals surface area contributed by atoms with Gasteiger partial charge >= 0.3 is 5.97 Å². The predicted octanol–water partition coefficient (Wildman–Crippen LogP) is 4.46. The number of aryl methyl sites for hydroxylation is 2. The van der Waals surface area contributed by atoms with Gasteiger partial charge in [-0.15, -0.1) is 11.3 Å². The third-order valence-electron chi connectivity index (χ3n) is 5.09. The number of ether oxygens (including phenoxy) is 1. The molecule has 0 spiro atoms. The second kappa shape index (κ2) is 7.62. The monoisotopic (exact) mass is 371 g/mol. The molecule has 3 rings (SSSR count). The lowest BCUT2D eigenvalue weighted by Gasteiger charge is -2.18. The van der Waals surface area contributed by atoms with Gasteiger partial charge in [-0.05, 0) is 61.3 Å². The molecule has 1 heterocycles. The molecule has 138 valence electrons. The van der Waals surface area contributed by atoms with Crippen molar-refractivity contribution < 1.29 is 14.3 Å². The molecule has 1 aliphatic rings. The molecule has 0 saturated carbocycles. The van der Waals surface area contributed by atoms with Gasteiger partial charge in [0, 0.05) is 4.88 Å². The number of methoxy groups -OCH3 is 1. The first-order valence-electron chi connectivity index (χ1n) is 8.97. The average molecular weight is 372 g/mol. The number of carbonyl (C=O) groups excluding carboxylic acids is 2. The standard InChI is InChI=1S/C21H25NO3S/c1-12-5-8-16-17(9-12)26-20(19(16)21(24)25-4)22-18(23)11-15-7-6-13(2)14(3)10-15/h6-7,10,12H,5,8-9,11H2,1-4H3,(H,22,23). The number of anilines is 1. The lowest BCUT2D eigenvalue weighted by atomic mass is 9.88. The fourth-order valence-corrected chi connectivity index (χ4v) is 4.84. The fraction of sp³-hybridized carbons (Fsp3) is 0.429. The SMILES string of the molecule is COC(=O)c1c(NC(=O)Cc2ccc(C)c(C)c2)sc2c1CCC(C)C2. The van der Waals surface area contributed by atoms with Gasteiger partial charge in [-0.2, -0.15) is 0 Å². The van der Waals surface area contributed by atoms with E-state index in [1.165, 1.54) is 34.5 Å². The van der Waals surface area contributed by atoms with E-state index in [0.717, 1.165) is 30.4 Å². The van der Waals surface area contributed by atoms with Crippen LogP contribution in [0.1, 0.15) is 50.8 Å². The fourth-order valence-electron chi connectivity index (χ4n) is 3.43. The number of fused-ring (bicyclic) bond motifs is 1. The summed E-state index contributed by atoms with van der Waals surface area (Å²) in [4.78, 5) is 26.1. The Kier molecular flexibility index (Phi) is 5.47. The van der Waals surface area contributed by atoms with Crippen molar-refractivity contribution in [3.05, 3.63) is 50.9 Å². The van der Waals surface area contributed by atoms with Crippen molar-refractivity contribution >= 4 is 28.2 Å². The van der Waals surface area contributed by atoms with Crippen molar-refractivity contribution in [3.63, 3.8) is 0 Å². The van der Waals surface area contributed by atoms with E-state index in [1.807, 2.05) is 25.1 Å². The van der Waals surface area contributed by atoms with E-state index in [2.05, 4.69) is 19.2 Å². The number of hydrogen-bond donors (Lipinski definition) is 1. The number of hydrogen-bond acceptors (Lipinski definition) is 4. The Morgan fingerprint density at radius 2 is 2.04 bits per heavy atom. The van der Waals surface area contributed by atoms with Gasteiger partial charge in [0.2, 0.25) is 5.91 Å². The van der Waals surface area contributed by atoms with Gasteiger partial charge in [-0.3, -0.25) is 4.79 Å². The Balaban J connectivity index is 1.83. The van der Waals surface area contributed by atoms with E-state index >= 15 is 0 Å². The largest absolute Gasteiger partial charge is 0.465 e. The highest BCUT2D eigenvalue weighted by Gasteiger charge is 2.28. The van der Waals surface area contributed by atoms with Gasteiger partial charge in [0.15, 0.2) is 0 Å². The van der Waals surface area contributed by atoms with Gasteiger partial charge in [0.1, 0.15) is 5.00 Å². The molecule has 0 fully saturated rings. The number of rotatable bonds is 4. The predicted molar refractivity (Wildman–Crippen MR) is 105 cm³/mol. The van der Waals surface area contributed by atoms with Crippen LogP contribution in [0.5, 0.6) is 0 Å². The molecule has 1 aromatic carbocycles. The summed E-state index contributed by atoms with van der Waals surface area (Å²) in [6.07, 6.45) is 3.17. The van der Waals surface area contributed by atoms with E-state index in [9.17, 15) is 9.59 Å². The third-order valence-corrected chi connectivity index (χ3v) is 6.26. The Morgan fingerprint density at radius 3 is 2.73 bits per heavy atom. The molecular formula is C21H25NO3S. The van der Waals surface area contributed by atoms with Crippen molar-refractivity contribution in [2.75, 3.05) is 12.4 Å². The zero-order valence-electron chi connectivity index (χ0n) is 15.8. The second-order valence-corrected chi connectivity index (χ2v) is 8.30. The first-order valence-corrected chi connectivity index (χ1v) is 9.79. The lowest BCUT2D eigenvalue weighted by Crippen LogP contribution is -2.17. The second-order valence-electron chi connectivity index (χ2n) is 7.19. The number of carbonyl (C=O) groups is 2. The van der Waals surface area contributed by atoms with Crippen LogP contribution in [-0.4, -0.2) is 19.0 Å². The maximum atomic E-state index is 12.6. The highest BCUT2D eigenvalue weighted by molar-refractivity contribution is 7.17. The average Bonchev–Trinajstić information content (AvgIpc) is 2.94. The first-order chi connectivity index (χ1) is 12.4. The topological polar surface area (TPSA) is 55.4 Å². The Bertz CT molecular complexity index is 853. The van der Waals surface area contributed by atoms with E-state index in [4.69, 9.17) is 4.74 Å². The van der Waals surface area contributed by atoms with Crippen LogP contribution in [0.3, 0.4) is 0 Å². The van der Waals surface area contributed by atoms with E-state index in [1.54, 1.807) is 0 Å². The van der Waals surface area contributed by atoms with Crippen LogP contribution in [-0.2, 0) is 28.8 Å². The van der Waals surface area contributed by atoms with Crippen LogP contribution in [0.4, 0.5) is 5.00 Å². The molecule has 1 unspecified atom stereocenters. The molecule has 0 saturated heterocycles. The minimum Gasteiger partial charge on any atom is -0.465 e. The first kappa shape index (κ1) is 18.6. The molecule has 5 heteroatoms. The third kappa shape index (κ3) is 3.83. The highest BCUT2D eigenvalue weighted by Crippen LogP contribution is 2.40. The smallest absolute Gasteiger partial charge is 0.341 e. The molecule has 0 radical (unpaired) electrons. The van der Waals surface area contributed by atoms with Crippen molar-refractivity contribution in [3.8, 4) is 0 Å². The van der Waals surface area contributed by atoms with E-state index in [0.29, 0.717) is 22.9 Å². The molecule has 1 N–H and O–H groups in total. The molecule has 1 atom stereocenters. The van der Waals surface area contributed by atoms with Crippen molar-refractivity contribution in [2.24, 2.45) is 5.92 Å². The van der Waals surface area contributed by atoms with Crippen molar-refractivity contribution in [1.29, 1.82) is 0 Å². The normalized spacial score (nSPS) is 16.1. The van der Waals surface area contributed by atoms with Crippen LogP contribution < -0.4 is 5.32 Å². The van der Waals surface area contributed by atoms with Crippen LogP contribution in [0.2, 0.25) is 0 Å². The summed E-state index contributed by atoms with van der Waals surface area (Å²) in [6, 6.07) is 6.05. The number of amides is 1. The number of thiophene rings is 1. The molecule has 1 aromatic heterocycles. The van der Waals surface area contributed by atoms with Crippen molar-refractivity contribution in [1.82, 2.24) is 0 Å². The van der Waals surface area contributed by atoms with Gasteiger partial charge < -0.3 is 10.1 Å². The molecule has 4 nitrogen and oxygen atoms in total. The van der Waals surface area contributed by atoms with E-state index < -0.39 is 0 Å². The molecule has 0 aliphatic heterocycles. The molecule has 26 heavy (non-hydrogen) atoms. The number of benzene rings is 1. The maximum Gasteiger partial charge on any atom is 0.341 e. The summed E-state index contributed by atoms with van der Waals surface area (Å²) < 4.78 is 4.97. The summed E-state index contributed by atoms with van der Waals surface area (Å²) in [5.41, 5.74) is 4.96. The van der Waals surface area contributed by atoms with Gasteiger partial charge in [0.25, 0.3) is 0 Å². The zero-order valence-corrected chi connectivity index (χ0v) is 16.6. The maximum absolute atomic E-state index is 12.6. The highest BCUT2D eigenvalue weighted by atomic mass is 32.1. The Labute approximate surface area is 158 Å². The minimum absolute atomic E-state index is 0.106. The minimum atomic E-state index is -0.362. The van der Waals surface area contributed by atoms with Gasteiger partial charge in [-0.25, -0.2) is 4.79 Å². The van der Waals surface area contributed by atoms with Gasteiger partial charge in [-0.1, -0.05) is 25.1 Å². The van der Waals surface area contributed by atoms with Crippen molar-refractivity contribution in [2.45, 2.75) is 46.5 Å². The number of esters is 1. The van der Waals surface area contributed by atoms with Crippen LogP contribution in [0.25, 0.3) is 0 Å². The van der Waals surface area contributed by atoms with Crippen LogP contribution >= 0.6 is 11.3 Å². The van der Waals surface area contributed by atoms with Crippen LogP contribution in [0.15, 0.2) is 18.2 Å². The molecular weight excluding hydrogens is 346 g/mol. The molecule has 1 amide bonds. The number of nitrogens with one attached hydrogen (secondary N) is 1. The molecule has 2 aromatic rings. The summed E-state index contributed by atoms with van der Waals surface area (Å²) in [6.45, 7) is 6.32. The quantitative estimate of drug-likeness (QED) is 0.808. The molecule has 0 bridgehead atoms. The van der Waals surface area contributed by atoms with E-state index in [-0.39, 0.29) is 11.9 Å². The van der Waals surface area contributed by atoms with Crippen LogP contribution in [0, 0.1) is 19.8 Å². The Morgan fingerprint density at radius 1 is 1.27 bits per heavy atom. The zero-order chi connectivity index (χ0) is 18.8. The summed E-state index contributed by atoms with van der Waals surface area (Å²) in [5, 5.41) is 3.59. The summed E-state index contributed by atoms with van der Waals surface area (Å²) >= 11 is 1.52. The van der Waals surface area contributed by atoms with Gasteiger partial charge in [0.05, 0.1) is 19.1 Å². The summed E-state index contributed by atoms with van der Waals surface area (Å²) in [7, 11) is 1.39. The Hall–Kier alpha value is -2.14. The molecule has 1 aliphatic carbocycles. The summed E-state index contributed by atoms with van der Waals surface area (Å²) in [5.74, 6) is 0.134. The lowest BCUT2D eigenvalue weighted by molar-refractivity contribution is -0.115.